The van der Waals surface area contributed by atoms with E-state index in [-0.39, 0.29) is 11.1 Å². The van der Waals surface area contributed by atoms with Gasteiger partial charge in [0.05, 0.1) is 0 Å². The summed E-state index contributed by atoms with van der Waals surface area (Å²) in [5.41, 5.74) is -0.659. The van der Waals surface area contributed by atoms with Crippen molar-refractivity contribution in [3.8, 4) is 0 Å². The van der Waals surface area contributed by atoms with Gasteiger partial charge < -0.3 is 0 Å². The molecule has 0 saturated heterocycles. The first-order valence-electron chi connectivity index (χ1n) is 7.09. The van der Waals surface area contributed by atoms with Crippen LogP contribution in [0, 0.1) is 0 Å². The molecule has 0 aliphatic carbocycles. The van der Waals surface area contributed by atoms with Gasteiger partial charge in [0.15, 0.2) is 0 Å². The molecule has 3 aliphatic heterocycles. The van der Waals surface area contributed by atoms with E-state index >= 15 is 0 Å². The Balaban J connectivity index is 1.68. The third kappa shape index (κ3) is 2.17. The number of hydrogen-bond donors (Lipinski definition) is 0. The van der Waals surface area contributed by atoms with E-state index < -0.39 is 0 Å². The predicted molar refractivity (Wildman–Crippen MR) is 94.4 cm³/mol. The van der Waals surface area contributed by atoms with Gasteiger partial charge in [0, 0.05) is 0 Å². The fraction of sp³-hybridized carbons (Fsp3) is 0.375. The van der Waals surface area contributed by atoms with Gasteiger partial charge in [0.2, 0.25) is 0 Å². The Morgan fingerprint density at radius 3 is 1.82 bits per heavy atom. The molecule has 2 nitrogen and oxygen atoms in total. The number of rotatable bonds is 0. The Morgan fingerprint density at radius 2 is 1.36 bits per heavy atom. The van der Waals surface area contributed by atoms with Gasteiger partial charge in [0.25, 0.3) is 0 Å². The van der Waals surface area contributed by atoms with Crippen LogP contribution in [0.15, 0.2) is 50.6 Å². The summed E-state index contributed by atoms with van der Waals surface area (Å²) in [5.74, 6) is 0. The number of hydrogen-bond acceptors (Lipinski definition) is 3. The molecule has 0 spiro atoms. The van der Waals surface area contributed by atoms with Crippen LogP contribution in [0.2, 0.25) is 0 Å². The van der Waals surface area contributed by atoms with Crippen molar-refractivity contribution in [2.75, 3.05) is 0 Å². The Labute approximate surface area is 152 Å². The van der Waals surface area contributed by atoms with Crippen LogP contribution in [0.1, 0.15) is 27.7 Å². The molecule has 1 aromatic carbocycles. The quantitative estimate of drug-likeness (QED) is 0.550. The molecule has 3 aliphatic rings. The van der Waals surface area contributed by atoms with Gasteiger partial charge in [0.1, 0.15) is 0 Å². The molecule has 0 bridgehead atoms. The monoisotopic (exact) mass is 462 g/mol. The average molecular weight is 460 g/mol. The van der Waals surface area contributed by atoms with Gasteiger partial charge in [-0.15, -0.1) is 0 Å². The van der Waals surface area contributed by atoms with Gasteiger partial charge in [-0.2, -0.15) is 0 Å². The summed E-state index contributed by atoms with van der Waals surface area (Å²) in [4.78, 5) is 2.77. The zero-order valence-electron chi connectivity index (χ0n) is 12.8. The fourth-order valence-electron chi connectivity index (χ4n) is 2.99. The molecule has 3 heterocycles. The number of nitrogens with zero attached hydrogens (tertiary/aromatic N) is 1. The minimum atomic E-state index is -0.330. The van der Waals surface area contributed by atoms with E-state index in [0.29, 0.717) is 29.9 Å². The van der Waals surface area contributed by atoms with Gasteiger partial charge in [-0.25, -0.2) is 0 Å². The first kappa shape index (κ1) is 15.9. The second-order valence-corrected chi connectivity index (χ2v) is 14.5. The van der Waals surface area contributed by atoms with E-state index in [4.69, 9.17) is 0 Å². The molecular weight excluding hydrogens is 444 g/mol. The number of thioether (sulfide) groups is 2. The molecular formula is C16H16NOS2Se2. The molecule has 0 amide bonds. The van der Waals surface area contributed by atoms with Crippen molar-refractivity contribution >= 4 is 53.4 Å². The summed E-state index contributed by atoms with van der Waals surface area (Å²) in [5, 5.41) is 14.0. The second-order valence-electron chi connectivity index (χ2n) is 6.50. The summed E-state index contributed by atoms with van der Waals surface area (Å²) < 4.78 is 6.00. The van der Waals surface area contributed by atoms with Gasteiger partial charge in [-0.3, -0.25) is 0 Å². The molecule has 0 fully saturated rings. The van der Waals surface area contributed by atoms with Gasteiger partial charge in [-0.1, -0.05) is 0 Å². The van der Waals surface area contributed by atoms with E-state index in [1.807, 2.05) is 23.5 Å². The van der Waals surface area contributed by atoms with Crippen LogP contribution < -0.4 is 0 Å². The molecule has 1 radical (unpaired) electrons. The zero-order valence-corrected chi connectivity index (χ0v) is 17.9. The normalized spacial score (nSPS) is 25.9. The summed E-state index contributed by atoms with van der Waals surface area (Å²) in [6.45, 7) is 8.39. The third-order valence-electron chi connectivity index (χ3n) is 4.14. The van der Waals surface area contributed by atoms with Crippen LogP contribution >= 0.6 is 23.5 Å². The predicted octanol–water partition coefficient (Wildman–Crippen LogP) is 3.86. The zero-order chi connectivity index (χ0) is 15.7. The van der Waals surface area contributed by atoms with Crippen LogP contribution in [0.5, 0.6) is 0 Å². The van der Waals surface area contributed by atoms with Crippen molar-refractivity contribution in [2.24, 2.45) is 0 Å². The van der Waals surface area contributed by atoms with Gasteiger partial charge >= 0.3 is 153 Å². The van der Waals surface area contributed by atoms with Crippen molar-refractivity contribution in [3.05, 3.63) is 40.8 Å². The molecule has 0 aromatic heterocycles. The maximum absolute atomic E-state index is 12.6. The van der Waals surface area contributed by atoms with Gasteiger partial charge in [-0.05, 0) is 0 Å². The van der Waals surface area contributed by atoms with E-state index in [1.165, 1.54) is 28.0 Å². The van der Waals surface area contributed by atoms with E-state index in [2.05, 4.69) is 52.0 Å². The average Bonchev–Trinajstić information content (AvgIpc) is 3.12. The topological polar surface area (TPSA) is 23.1 Å². The molecule has 0 saturated carbocycles. The standard InChI is InChI=1S/C16H16NOS2Se2/c1-15(2)11-12(16(3,4)17(15)18)22-14(21-11)13-19-9-7-5-6-8-10(9)20-13/h5-8H,1-4H3. The molecule has 22 heavy (non-hydrogen) atoms. The van der Waals surface area contributed by atoms with Crippen molar-refractivity contribution in [2.45, 2.75) is 48.6 Å². The van der Waals surface area contributed by atoms with Crippen molar-refractivity contribution in [1.82, 2.24) is 5.06 Å². The van der Waals surface area contributed by atoms with E-state index in [0.717, 1.165) is 0 Å². The molecule has 6 heteroatoms. The molecule has 115 valence electrons. The van der Waals surface area contributed by atoms with Crippen molar-refractivity contribution in [1.29, 1.82) is 0 Å². The van der Waals surface area contributed by atoms with Crippen LogP contribution in [0.3, 0.4) is 0 Å². The first-order valence-corrected chi connectivity index (χ1v) is 12.1. The van der Waals surface area contributed by atoms with Crippen LogP contribution in [0.25, 0.3) is 0 Å². The van der Waals surface area contributed by atoms with E-state index in [1.54, 1.807) is 3.37 Å². The SMILES string of the molecule is CC1(C)C2=C([Se]C(=C3Sc4ccccc4S3)[Se]2)C(C)(C)N1[O]. The molecule has 0 unspecified atom stereocenters. The Hall–Kier alpha value is 0.359. The molecule has 0 N–H and O–H groups in total. The molecule has 1 aromatic rings. The summed E-state index contributed by atoms with van der Waals surface area (Å²) in [7, 11) is 0. The Kier molecular flexibility index (Phi) is 3.73. The summed E-state index contributed by atoms with van der Waals surface area (Å²) >= 11 is 4.54. The van der Waals surface area contributed by atoms with Crippen LogP contribution in [0.4, 0.5) is 0 Å². The molecule has 0 atom stereocenters. The Morgan fingerprint density at radius 1 is 0.909 bits per heavy atom. The van der Waals surface area contributed by atoms with Crippen molar-refractivity contribution < 1.29 is 5.21 Å². The Bertz CT molecular complexity index is 682. The molecule has 4 rings (SSSR count). The minimum absolute atomic E-state index is 0.330. The first-order chi connectivity index (χ1) is 10.3. The fourth-order valence-corrected chi connectivity index (χ4v) is 14.3. The van der Waals surface area contributed by atoms with Crippen molar-refractivity contribution in [3.63, 3.8) is 0 Å². The summed E-state index contributed by atoms with van der Waals surface area (Å²) in [6.07, 6.45) is 0. The van der Waals surface area contributed by atoms with Crippen LogP contribution in [-0.4, -0.2) is 46.1 Å². The summed E-state index contributed by atoms with van der Waals surface area (Å²) in [6, 6.07) is 8.66. The number of fused-ring (bicyclic) bond motifs is 1. The second kappa shape index (κ2) is 5.18. The van der Waals surface area contributed by atoms with Crippen LogP contribution in [-0.2, 0) is 5.21 Å². The van der Waals surface area contributed by atoms with E-state index in [9.17, 15) is 5.21 Å². The third-order valence-corrected chi connectivity index (χ3v) is 15.8. The number of benzene rings is 1. The number of hydroxylamine groups is 2. The maximum atomic E-state index is 12.6.